The molecule has 2 heterocycles. The first-order chi connectivity index (χ1) is 10.3. The van der Waals surface area contributed by atoms with Crippen molar-refractivity contribution < 1.29 is 4.79 Å². The van der Waals surface area contributed by atoms with Gasteiger partial charge in [-0.05, 0) is 50.1 Å². The molecule has 1 amide bonds. The molecule has 3 nitrogen and oxygen atoms in total. The van der Waals surface area contributed by atoms with Crippen LogP contribution in [0, 0.1) is 0 Å². The molecule has 1 N–H and O–H groups in total. The van der Waals surface area contributed by atoms with Crippen LogP contribution < -0.4 is 5.32 Å². The van der Waals surface area contributed by atoms with Crippen LogP contribution >= 0.6 is 0 Å². The van der Waals surface area contributed by atoms with Crippen LogP contribution in [0.15, 0.2) is 30.3 Å². The Morgan fingerprint density at radius 1 is 1.14 bits per heavy atom. The summed E-state index contributed by atoms with van der Waals surface area (Å²) in [5.74, 6) is 0.988. The summed E-state index contributed by atoms with van der Waals surface area (Å²) in [5.41, 5.74) is 1.43. The number of rotatable bonds is 4. The van der Waals surface area contributed by atoms with Gasteiger partial charge < -0.3 is 10.2 Å². The highest BCUT2D eigenvalue weighted by molar-refractivity contribution is 5.76. The molecule has 1 atom stereocenters. The van der Waals surface area contributed by atoms with E-state index in [1.54, 1.807) is 0 Å². The van der Waals surface area contributed by atoms with E-state index in [0.717, 1.165) is 38.9 Å². The van der Waals surface area contributed by atoms with E-state index in [1.807, 2.05) is 0 Å². The first kappa shape index (κ1) is 14.6. The quantitative estimate of drug-likeness (QED) is 0.923. The Kier molecular flexibility index (Phi) is 4.91. The second-order valence-corrected chi connectivity index (χ2v) is 6.40. The minimum Gasteiger partial charge on any atom is -0.343 e. The molecule has 2 aliphatic rings. The zero-order valence-corrected chi connectivity index (χ0v) is 12.8. The molecule has 3 rings (SSSR count). The van der Waals surface area contributed by atoms with Crippen molar-refractivity contribution in [1.29, 1.82) is 0 Å². The van der Waals surface area contributed by atoms with Crippen LogP contribution in [0.4, 0.5) is 0 Å². The van der Waals surface area contributed by atoms with Crippen LogP contribution in [0.3, 0.4) is 0 Å². The normalized spacial score (nSPS) is 23.4. The van der Waals surface area contributed by atoms with Gasteiger partial charge in [-0.1, -0.05) is 30.3 Å². The smallest absolute Gasteiger partial charge is 0.222 e. The van der Waals surface area contributed by atoms with E-state index in [0.29, 0.717) is 24.3 Å². The molecule has 3 heteroatoms. The van der Waals surface area contributed by atoms with E-state index in [2.05, 4.69) is 40.5 Å². The zero-order chi connectivity index (χ0) is 14.5. The van der Waals surface area contributed by atoms with E-state index in [1.165, 1.54) is 18.4 Å². The van der Waals surface area contributed by atoms with Crippen molar-refractivity contribution in [3.05, 3.63) is 35.9 Å². The number of nitrogens with one attached hydrogen (secondary N) is 1. The number of piperidine rings is 1. The van der Waals surface area contributed by atoms with Gasteiger partial charge in [0.25, 0.3) is 0 Å². The molecule has 0 saturated carbocycles. The molecule has 114 valence electrons. The SMILES string of the molecule is O=C(CCC1CCCN1)N1CCC(c2ccccc2)CC1. The van der Waals surface area contributed by atoms with Crippen LogP contribution in [0.25, 0.3) is 0 Å². The molecule has 2 fully saturated rings. The standard InChI is InChI=1S/C18H26N2O/c21-18(9-8-17-7-4-12-19-17)20-13-10-16(11-14-20)15-5-2-1-3-6-15/h1-3,5-6,16-17,19H,4,7-14H2. The van der Waals surface area contributed by atoms with Crippen molar-refractivity contribution in [2.24, 2.45) is 0 Å². The Morgan fingerprint density at radius 2 is 1.90 bits per heavy atom. The summed E-state index contributed by atoms with van der Waals surface area (Å²) in [7, 11) is 0. The number of carbonyl (C=O) groups is 1. The van der Waals surface area contributed by atoms with Gasteiger partial charge in [-0.25, -0.2) is 0 Å². The predicted molar refractivity (Wildman–Crippen MR) is 85.3 cm³/mol. The van der Waals surface area contributed by atoms with Crippen molar-refractivity contribution >= 4 is 5.91 Å². The van der Waals surface area contributed by atoms with Gasteiger partial charge in [0.2, 0.25) is 5.91 Å². The molecular weight excluding hydrogens is 260 g/mol. The highest BCUT2D eigenvalue weighted by Crippen LogP contribution is 2.28. The third-order valence-corrected chi connectivity index (χ3v) is 4.99. The largest absolute Gasteiger partial charge is 0.343 e. The van der Waals surface area contributed by atoms with Gasteiger partial charge in [0.15, 0.2) is 0 Å². The Labute approximate surface area is 127 Å². The van der Waals surface area contributed by atoms with Crippen molar-refractivity contribution in [1.82, 2.24) is 10.2 Å². The summed E-state index contributed by atoms with van der Waals surface area (Å²) >= 11 is 0. The molecule has 1 unspecified atom stereocenters. The molecule has 2 saturated heterocycles. The summed E-state index contributed by atoms with van der Waals surface area (Å²) in [6.45, 7) is 2.98. The molecule has 21 heavy (non-hydrogen) atoms. The van der Waals surface area contributed by atoms with Crippen LogP contribution in [0.5, 0.6) is 0 Å². The van der Waals surface area contributed by atoms with Crippen LogP contribution in [-0.4, -0.2) is 36.5 Å². The zero-order valence-electron chi connectivity index (χ0n) is 12.8. The lowest BCUT2D eigenvalue weighted by Gasteiger charge is -2.32. The highest BCUT2D eigenvalue weighted by Gasteiger charge is 2.24. The molecular formula is C18H26N2O. The van der Waals surface area contributed by atoms with E-state index >= 15 is 0 Å². The van der Waals surface area contributed by atoms with Gasteiger partial charge in [-0.15, -0.1) is 0 Å². The topological polar surface area (TPSA) is 32.3 Å². The molecule has 0 bridgehead atoms. The molecule has 1 aromatic carbocycles. The minimum atomic E-state index is 0.357. The molecule has 0 radical (unpaired) electrons. The van der Waals surface area contributed by atoms with E-state index in [9.17, 15) is 4.79 Å². The summed E-state index contributed by atoms with van der Waals surface area (Å²) in [5, 5.41) is 3.47. The van der Waals surface area contributed by atoms with E-state index in [-0.39, 0.29) is 0 Å². The Hall–Kier alpha value is -1.35. The number of amides is 1. The van der Waals surface area contributed by atoms with Crippen molar-refractivity contribution in [2.75, 3.05) is 19.6 Å². The maximum atomic E-state index is 12.3. The average Bonchev–Trinajstić information content (AvgIpc) is 3.07. The van der Waals surface area contributed by atoms with Gasteiger partial charge in [-0.3, -0.25) is 4.79 Å². The molecule has 0 spiro atoms. The lowest BCUT2D eigenvalue weighted by molar-refractivity contribution is -0.132. The molecule has 2 aliphatic heterocycles. The van der Waals surface area contributed by atoms with Crippen LogP contribution in [-0.2, 0) is 4.79 Å². The van der Waals surface area contributed by atoms with Crippen LogP contribution in [0.2, 0.25) is 0 Å². The second-order valence-electron chi connectivity index (χ2n) is 6.40. The average molecular weight is 286 g/mol. The summed E-state index contributed by atoms with van der Waals surface area (Å²) in [4.78, 5) is 14.4. The first-order valence-electron chi connectivity index (χ1n) is 8.39. The van der Waals surface area contributed by atoms with E-state index < -0.39 is 0 Å². The number of nitrogens with zero attached hydrogens (tertiary/aromatic N) is 1. The van der Waals surface area contributed by atoms with Gasteiger partial charge in [0, 0.05) is 25.6 Å². The predicted octanol–water partition coefficient (Wildman–Crippen LogP) is 2.92. The number of likely N-dealkylation sites (tertiary alicyclic amines) is 1. The lowest BCUT2D eigenvalue weighted by atomic mass is 9.89. The van der Waals surface area contributed by atoms with Crippen LogP contribution in [0.1, 0.15) is 50.0 Å². The maximum Gasteiger partial charge on any atom is 0.222 e. The number of carbonyl (C=O) groups excluding carboxylic acids is 1. The van der Waals surface area contributed by atoms with Gasteiger partial charge in [-0.2, -0.15) is 0 Å². The van der Waals surface area contributed by atoms with Gasteiger partial charge in [0.05, 0.1) is 0 Å². The van der Waals surface area contributed by atoms with Crippen molar-refractivity contribution in [2.45, 2.75) is 50.5 Å². The number of benzene rings is 1. The fourth-order valence-corrected chi connectivity index (χ4v) is 3.65. The third-order valence-electron chi connectivity index (χ3n) is 4.99. The fraction of sp³-hybridized carbons (Fsp3) is 0.611. The van der Waals surface area contributed by atoms with Crippen molar-refractivity contribution in [3.63, 3.8) is 0 Å². The first-order valence-corrected chi connectivity index (χ1v) is 8.39. The third kappa shape index (κ3) is 3.85. The second kappa shape index (κ2) is 7.08. The van der Waals surface area contributed by atoms with Crippen molar-refractivity contribution in [3.8, 4) is 0 Å². The Bertz CT molecular complexity index is 446. The molecule has 1 aromatic rings. The Morgan fingerprint density at radius 3 is 2.57 bits per heavy atom. The maximum absolute atomic E-state index is 12.3. The highest BCUT2D eigenvalue weighted by atomic mass is 16.2. The van der Waals surface area contributed by atoms with Gasteiger partial charge in [0.1, 0.15) is 0 Å². The summed E-state index contributed by atoms with van der Waals surface area (Å²) in [6, 6.07) is 11.3. The Balaban J connectivity index is 1.43. The number of hydrogen-bond donors (Lipinski definition) is 1. The molecule has 0 aliphatic carbocycles. The fourth-order valence-electron chi connectivity index (χ4n) is 3.65. The summed E-state index contributed by atoms with van der Waals surface area (Å²) in [6.07, 6.45) is 6.45. The van der Waals surface area contributed by atoms with Gasteiger partial charge >= 0.3 is 0 Å². The number of hydrogen-bond acceptors (Lipinski definition) is 2. The lowest BCUT2D eigenvalue weighted by Crippen LogP contribution is -2.38. The monoisotopic (exact) mass is 286 g/mol. The summed E-state index contributed by atoms with van der Waals surface area (Å²) < 4.78 is 0. The minimum absolute atomic E-state index is 0.357. The van der Waals surface area contributed by atoms with E-state index in [4.69, 9.17) is 0 Å². The molecule has 0 aromatic heterocycles.